The highest BCUT2D eigenvalue weighted by Gasteiger charge is 2.06. The van der Waals surface area contributed by atoms with Gasteiger partial charge in [-0.05, 0) is 53.0 Å². The smallest absolute Gasteiger partial charge is 0.223 e. The van der Waals surface area contributed by atoms with Gasteiger partial charge in [0.05, 0.1) is 0 Å². The van der Waals surface area contributed by atoms with Crippen molar-refractivity contribution in [3.8, 4) is 11.6 Å². The summed E-state index contributed by atoms with van der Waals surface area (Å²) < 4.78 is 7.59. The fourth-order valence-corrected chi connectivity index (χ4v) is 2.28. The van der Waals surface area contributed by atoms with E-state index in [1.54, 1.807) is 6.07 Å². The second-order valence-corrected chi connectivity index (χ2v) is 5.88. The number of halogens is 2. The quantitative estimate of drug-likeness (QED) is 0.690. The van der Waals surface area contributed by atoms with Crippen LogP contribution in [0.25, 0.3) is 0 Å². The molecule has 0 radical (unpaired) electrons. The Bertz CT molecular complexity index is 588. The summed E-state index contributed by atoms with van der Waals surface area (Å²) in [4.78, 5) is 8.71. The summed E-state index contributed by atoms with van der Waals surface area (Å²) in [7, 11) is 0. The van der Waals surface area contributed by atoms with E-state index in [9.17, 15) is 0 Å². The highest BCUT2D eigenvalue weighted by atomic mass is 79.9. The average Bonchev–Trinajstić information content (AvgIpc) is 2.33. The molecule has 0 aliphatic heterocycles. The third-order valence-electron chi connectivity index (χ3n) is 2.54. The fraction of sp³-hybridized carbons (Fsp3) is 0.286. The Morgan fingerprint density at radius 2 is 1.95 bits per heavy atom. The van der Waals surface area contributed by atoms with Crippen LogP contribution < -0.4 is 4.74 Å². The molecule has 0 spiro atoms. The molecule has 1 aromatic heterocycles. The van der Waals surface area contributed by atoms with Gasteiger partial charge in [-0.3, -0.25) is 0 Å². The lowest BCUT2D eigenvalue weighted by molar-refractivity contribution is 0.457. The van der Waals surface area contributed by atoms with Crippen molar-refractivity contribution < 1.29 is 4.74 Å². The number of ether oxygens (including phenoxy) is 1. The minimum atomic E-state index is 0.562. The molecule has 0 atom stereocenters. The van der Waals surface area contributed by atoms with Gasteiger partial charge in [0.1, 0.15) is 16.2 Å². The predicted octanol–water partition coefficient (Wildman–Crippen LogP) is 5.05. The van der Waals surface area contributed by atoms with Gasteiger partial charge in [-0.25, -0.2) is 4.98 Å². The lowest BCUT2D eigenvalue weighted by atomic mass is 10.2. The van der Waals surface area contributed by atoms with Crippen molar-refractivity contribution in [2.24, 2.45) is 0 Å². The Morgan fingerprint density at radius 1 is 1.16 bits per heavy atom. The molecule has 0 unspecified atom stereocenters. The maximum Gasteiger partial charge on any atom is 0.223 e. The Balaban J connectivity index is 2.24. The maximum atomic E-state index is 5.78. The third-order valence-corrected chi connectivity index (χ3v) is 3.84. The molecular weight excluding hydrogens is 372 g/mol. The molecule has 100 valence electrons. The lowest BCUT2D eigenvalue weighted by Crippen LogP contribution is -1.98. The van der Waals surface area contributed by atoms with E-state index in [0.29, 0.717) is 5.88 Å². The van der Waals surface area contributed by atoms with E-state index in [4.69, 9.17) is 4.74 Å². The molecule has 0 fully saturated rings. The molecule has 0 bridgehead atoms. The van der Waals surface area contributed by atoms with Crippen LogP contribution >= 0.6 is 31.9 Å². The van der Waals surface area contributed by atoms with Crippen LogP contribution in [0, 0.1) is 6.92 Å². The van der Waals surface area contributed by atoms with Crippen molar-refractivity contribution in [2.75, 3.05) is 0 Å². The summed E-state index contributed by atoms with van der Waals surface area (Å²) >= 11 is 6.85. The van der Waals surface area contributed by atoms with Crippen LogP contribution in [-0.4, -0.2) is 9.97 Å². The topological polar surface area (TPSA) is 35.0 Å². The van der Waals surface area contributed by atoms with Crippen molar-refractivity contribution >= 4 is 31.9 Å². The molecule has 1 heterocycles. The number of aryl methyl sites for hydroxylation is 2. The molecule has 0 N–H and O–H groups in total. The van der Waals surface area contributed by atoms with Gasteiger partial charge in [0.25, 0.3) is 0 Å². The monoisotopic (exact) mass is 384 g/mol. The summed E-state index contributed by atoms with van der Waals surface area (Å²) in [6, 6.07) is 7.62. The van der Waals surface area contributed by atoms with Gasteiger partial charge in [0.15, 0.2) is 0 Å². The number of nitrogens with zero attached hydrogens (tertiary/aromatic N) is 2. The van der Waals surface area contributed by atoms with Crippen molar-refractivity contribution in [3.05, 3.63) is 44.7 Å². The molecule has 2 rings (SSSR count). The van der Waals surface area contributed by atoms with E-state index in [1.807, 2.05) is 25.1 Å². The first-order valence-electron chi connectivity index (χ1n) is 6.06. The van der Waals surface area contributed by atoms with E-state index in [0.717, 1.165) is 39.1 Å². The summed E-state index contributed by atoms with van der Waals surface area (Å²) in [5.41, 5.74) is 1.12. The largest absolute Gasteiger partial charge is 0.439 e. The predicted molar refractivity (Wildman–Crippen MR) is 82.7 cm³/mol. The van der Waals surface area contributed by atoms with Gasteiger partial charge >= 0.3 is 0 Å². The van der Waals surface area contributed by atoms with E-state index in [1.165, 1.54) is 0 Å². The zero-order chi connectivity index (χ0) is 13.8. The maximum absolute atomic E-state index is 5.78. The highest BCUT2D eigenvalue weighted by molar-refractivity contribution is 9.10. The summed E-state index contributed by atoms with van der Waals surface area (Å²) in [5.74, 6) is 2.13. The molecule has 0 amide bonds. The number of rotatable bonds is 4. The average molecular weight is 386 g/mol. The van der Waals surface area contributed by atoms with Crippen LogP contribution in [0.1, 0.15) is 24.7 Å². The second-order valence-electron chi connectivity index (χ2n) is 4.21. The van der Waals surface area contributed by atoms with Gasteiger partial charge in [0, 0.05) is 17.0 Å². The van der Waals surface area contributed by atoms with Crippen LogP contribution in [0.4, 0.5) is 0 Å². The standard InChI is InChI=1S/C14H14Br2N2O/c1-3-4-13-17-12(16)8-14(18-13)19-10-5-6-11(15)9(2)7-10/h5-8H,3-4H2,1-2H3. The first kappa shape index (κ1) is 14.5. The van der Waals surface area contributed by atoms with Crippen LogP contribution in [0.2, 0.25) is 0 Å². The van der Waals surface area contributed by atoms with Crippen molar-refractivity contribution in [2.45, 2.75) is 26.7 Å². The highest BCUT2D eigenvalue weighted by Crippen LogP contribution is 2.26. The van der Waals surface area contributed by atoms with Gasteiger partial charge in [-0.15, -0.1) is 0 Å². The molecule has 5 heteroatoms. The van der Waals surface area contributed by atoms with Crippen LogP contribution in [0.5, 0.6) is 11.6 Å². The normalized spacial score (nSPS) is 10.5. The van der Waals surface area contributed by atoms with Crippen molar-refractivity contribution in [3.63, 3.8) is 0 Å². The SMILES string of the molecule is CCCc1nc(Br)cc(Oc2ccc(Br)c(C)c2)n1. The Morgan fingerprint density at radius 3 is 2.63 bits per heavy atom. The first-order valence-corrected chi connectivity index (χ1v) is 7.64. The molecule has 3 nitrogen and oxygen atoms in total. The van der Waals surface area contributed by atoms with Gasteiger partial charge < -0.3 is 4.74 Å². The van der Waals surface area contributed by atoms with Crippen LogP contribution in [-0.2, 0) is 6.42 Å². The van der Waals surface area contributed by atoms with Crippen molar-refractivity contribution in [1.29, 1.82) is 0 Å². The lowest BCUT2D eigenvalue weighted by Gasteiger charge is -2.08. The van der Waals surface area contributed by atoms with E-state index < -0.39 is 0 Å². The molecule has 0 saturated heterocycles. The number of benzene rings is 1. The van der Waals surface area contributed by atoms with Gasteiger partial charge in [-0.1, -0.05) is 22.9 Å². The minimum Gasteiger partial charge on any atom is -0.439 e. The fourth-order valence-electron chi connectivity index (χ4n) is 1.63. The number of aromatic nitrogens is 2. The Labute approximate surface area is 129 Å². The zero-order valence-electron chi connectivity index (χ0n) is 10.8. The molecule has 0 saturated carbocycles. The number of hydrogen-bond donors (Lipinski definition) is 0. The van der Waals surface area contributed by atoms with Gasteiger partial charge in [0.2, 0.25) is 5.88 Å². The summed E-state index contributed by atoms with van der Waals surface area (Å²) in [6.45, 7) is 4.12. The first-order chi connectivity index (χ1) is 9.08. The van der Waals surface area contributed by atoms with Crippen LogP contribution in [0.3, 0.4) is 0 Å². The number of hydrogen-bond acceptors (Lipinski definition) is 3. The van der Waals surface area contributed by atoms with Crippen LogP contribution in [0.15, 0.2) is 33.3 Å². The van der Waals surface area contributed by atoms with E-state index in [2.05, 4.69) is 48.8 Å². The summed E-state index contributed by atoms with van der Waals surface area (Å²) in [5, 5.41) is 0. The molecular formula is C14H14Br2N2O. The molecule has 0 aliphatic carbocycles. The molecule has 1 aromatic carbocycles. The van der Waals surface area contributed by atoms with E-state index >= 15 is 0 Å². The Hall–Kier alpha value is -0.940. The second kappa shape index (κ2) is 6.48. The zero-order valence-corrected chi connectivity index (χ0v) is 14.0. The molecule has 2 aromatic rings. The van der Waals surface area contributed by atoms with E-state index in [-0.39, 0.29) is 0 Å². The molecule has 19 heavy (non-hydrogen) atoms. The van der Waals surface area contributed by atoms with Gasteiger partial charge in [-0.2, -0.15) is 4.98 Å². The Kier molecular flexibility index (Phi) is 4.93. The third kappa shape index (κ3) is 4.01. The molecule has 0 aliphatic rings. The van der Waals surface area contributed by atoms with Crippen molar-refractivity contribution in [1.82, 2.24) is 9.97 Å². The summed E-state index contributed by atoms with van der Waals surface area (Å²) in [6.07, 6.45) is 1.85. The minimum absolute atomic E-state index is 0.562.